The first-order valence-electron chi connectivity index (χ1n) is 5.28. The van der Waals surface area contributed by atoms with Gasteiger partial charge in [0.15, 0.2) is 5.16 Å². The van der Waals surface area contributed by atoms with Crippen molar-refractivity contribution in [3.63, 3.8) is 0 Å². The van der Waals surface area contributed by atoms with Crippen molar-refractivity contribution in [2.24, 2.45) is 7.05 Å². The first-order valence-corrected chi connectivity index (χ1v) is 6.27. The van der Waals surface area contributed by atoms with Gasteiger partial charge in [0.05, 0.1) is 0 Å². The van der Waals surface area contributed by atoms with Crippen LogP contribution in [-0.2, 0) is 7.05 Å². The molecule has 0 saturated carbocycles. The molecule has 2 rings (SSSR count). The summed E-state index contributed by atoms with van der Waals surface area (Å²) in [5.41, 5.74) is 5.61. The van der Waals surface area contributed by atoms with Crippen LogP contribution in [0.15, 0.2) is 5.16 Å². The van der Waals surface area contributed by atoms with Gasteiger partial charge >= 0.3 is 0 Å². The molecule has 0 bridgehead atoms. The molecular weight excluding hydrogens is 210 g/mol. The lowest BCUT2D eigenvalue weighted by Crippen LogP contribution is -2.35. The third-order valence-electron chi connectivity index (χ3n) is 2.69. The van der Waals surface area contributed by atoms with Crippen LogP contribution in [0, 0.1) is 0 Å². The lowest BCUT2D eigenvalue weighted by atomic mass is 10.1. The van der Waals surface area contributed by atoms with Gasteiger partial charge in [-0.1, -0.05) is 18.2 Å². The number of nitrogens with zero attached hydrogens (tertiary/aromatic N) is 3. The van der Waals surface area contributed by atoms with Gasteiger partial charge in [0, 0.05) is 18.8 Å². The Kier molecular flexibility index (Phi) is 3.48. The number of aromatic nitrogens is 3. The maximum atomic E-state index is 5.61. The first kappa shape index (κ1) is 10.8. The Labute approximate surface area is 93.8 Å². The van der Waals surface area contributed by atoms with Crippen molar-refractivity contribution in [2.75, 3.05) is 18.0 Å². The smallest absolute Gasteiger partial charge is 0.222 e. The molecule has 1 aliphatic heterocycles. The second kappa shape index (κ2) is 4.85. The van der Waals surface area contributed by atoms with E-state index < -0.39 is 0 Å². The summed E-state index contributed by atoms with van der Waals surface area (Å²) in [7, 11) is 1.89. The van der Waals surface area contributed by atoms with E-state index in [2.05, 4.69) is 15.5 Å². The first-order chi connectivity index (χ1) is 7.27. The van der Waals surface area contributed by atoms with Gasteiger partial charge in [-0.3, -0.25) is 4.57 Å². The van der Waals surface area contributed by atoms with E-state index >= 15 is 0 Å². The van der Waals surface area contributed by atoms with Gasteiger partial charge in [-0.2, -0.15) is 0 Å². The molecule has 0 spiro atoms. The summed E-state index contributed by atoms with van der Waals surface area (Å²) in [4.78, 5) is 0. The van der Waals surface area contributed by atoms with E-state index in [9.17, 15) is 0 Å². The fourth-order valence-corrected chi connectivity index (χ4v) is 2.71. The summed E-state index contributed by atoms with van der Waals surface area (Å²) in [6, 6.07) is 0.613. The normalized spacial score (nSPS) is 21.8. The van der Waals surface area contributed by atoms with Crippen molar-refractivity contribution >= 4 is 17.7 Å². The van der Waals surface area contributed by atoms with Crippen LogP contribution in [-0.4, -0.2) is 33.1 Å². The van der Waals surface area contributed by atoms with E-state index in [1.165, 1.54) is 19.3 Å². The fraction of sp³-hybridized carbons (Fsp3) is 0.778. The largest absolute Gasteiger partial charge is 0.368 e. The molecule has 2 heterocycles. The zero-order valence-corrected chi connectivity index (χ0v) is 9.76. The Morgan fingerprint density at radius 1 is 1.53 bits per heavy atom. The zero-order valence-electron chi connectivity index (χ0n) is 8.94. The zero-order chi connectivity index (χ0) is 10.7. The number of rotatable bonds is 3. The molecule has 6 heteroatoms. The SMILES string of the molecule is Cn1c(N)nnc1SCC1CCCCN1. The highest BCUT2D eigenvalue weighted by Crippen LogP contribution is 2.20. The minimum Gasteiger partial charge on any atom is -0.368 e. The number of hydrogen-bond donors (Lipinski definition) is 2. The molecule has 5 nitrogen and oxygen atoms in total. The Morgan fingerprint density at radius 2 is 2.40 bits per heavy atom. The second-order valence-electron chi connectivity index (χ2n) is 3.86. The number of hydrogen-bond acceptors (Lipinski definition) is 5. The van der Waals surface area contributed by atoms with Crippen molar-refractivity contribution in [3.8, 4) is 0 Å². The van der Waals surface area contributed by atoms with Crippen molar-refractivity contribution in [3.05, 3.63) is 0 Å². The van der Waals surface area contributed by atoms with E-state index in [4.69, 9.17) is 5.73 Å². The average Bonchev–Trinajstić information content (AvgIpc) is 2.59. The van der Waals surface area contributed by atoms with Crippen LogP contribution in [0.2, 0.25) is 0 Å². The molecule has 0 aromatic carbocycles. The van der Waals surface area contributed by atoms with Crippen LogP contribution in [0.5, 0.6) is 0 Å². The Balaban J connectivity index is 1.84. The van der Waals surface area contributed by atoms with E-state index in [0.29, 0.717) is 12.0 Å². The minimum absolute atomic E-state index is 0.481. The van der Waals surface area contributed by atoms with Gasteiger partial charge < -0.3 is 11.1 Å². The third kappa shape index (κ3) is 2.63. The second-order valence-corrected chi connectivity index (χ2v) is 4.84. The number of nitrogen functional groups attached to an aromatic ring is 1. The molecule has 1 aromatic rings. The standard InChI is InChI=1S/C9H17N5S/c1-14-8(10)12-13-9(14)15-6-7-4-2-3-5-11-7/h7,11H,2-6H2,1H3,(H2,10,12). The summed E-state index contributed by atoms with van der Waals surface area (Å²) < 4.78 is 1.83. The topological polar surface area (TPSA) is 68.8 Å². The number of piperidine rings is 1. The molecule has 3 N–H and O–H groups in total. The maximum Gasteiger partial charge on any atom is 0.222 e. The minimum atomic E-state index is 0.481. The molecule has 1 fully saturated rings. The molecule has 0 amide bonds. The average molecular weight is 227 g/mol. The molecule has 1 atom stereocenters. The van der Waals surface area contributed by atoms with E-state index in [0.717, 1.165) is 17.5 Å². The highest BCUT2D eigenvalue weighted by molar-refractivity contribution is 7.99. The fourth-order valence-electron chi connectivity index (χ4n) is 1.69. The molecule has 1 aromatic heterocycles. The Morgan fingerprint density at radius 3 is 3.00 bits per heavy atom. The van der Waals surface area contributed by atoms with Gasteiger partial charge in [0.2, 0.25) is 5.95 Å². The van der Waals surface area contributed by atoms with E-state index in [1.54, 1.807) is 11.8 Å². The van der Waals surface area contributed by atoms with Crippen LogP contribution >= 0.6 is 11.8 Å². The third-order valence-corrected chi connectivity index (χ3v) is 3.88. The number of nitrogens with two attached hydrogens (primary N) is 1. The number of thioether (sulfide) groups is 1. The lowest BCUT2D eigenvalue weighted by Gasteiger charge is -2.22. The molecular formula is C9H17N5S. The van der Waals surface area contributed by atoms with Crippen LogP contribution in [0.1, 0.15) is 19.3 Å². The quantitative estimate of drug-likeness (QED) is 0.741. The number of anilines is 1. The van der Waals surface area contributed by atoms with Gasteiger partial charge in [0.1, 0.15) is 0 Å². The molecule has 1 saturated heterocycles. The van der Waals surface area contributed by atoms with Crippen LogP contribution in [0.25, 0.3) is 0 Å². The molecule has 84 valence electrons. The summed E-state index contributed by atoms with van der Waals surface area (Å²) in [6.45, 7) is 1.15. The molecule has 15 heavy (non-hydrogen) atoms. The highest BCUT2D eigenvalue weighted by atomic mass is 32.2. The summed E-state index contributed by atoms with van der Waals surface area (Å²) in [5.74, 6) is 1.53. The molecule has 1 unspecified atom stereocenters. The van der Waals surface area contributed by atoms with Gasteiger partial charge in [-0.05, 0) is 19.4 Å². The Bertz CT molecular complexity index is 318. The van der Waals surface area contributed by atoms with Crippen LogP contribution < -0.4 is 11.1 Å². The van der Waals surface area contributed by atoms with Crippen LogP contribution in [0.4, 0.5) is 5.95 Å². The molecule has 0 radical (unpaired) electrons. The van der Waals surface area contributed by atoms with E-state index in [-0.39, 0.29) is 0 Å². The van der Waals surface area contributed by atoms with Crippen LogP contribution in [0.3, 0.4) is 0 Å². The van der Waals surface area contributed by atoms with Gasteiger partial charge in [-0.25, -0.2) is 0 Å². The predicted octanol–water partition coefficient (Wildman–Crippen LogP) is 0.631. The summed E-state index contributed by atoms with van der Waals surface area (Å²) in [5, 5.41) is 12.3. The van der Waals surface area contributed by atoms with Crippen molar-refractivity contribution in [1.82, 2.24) is 20.1 Å². The summed E-state index contributed by atoms with van der Waals surface area (Å²) in [6.07, 6.45) is 3.90. The van der Waals surface area contributed by atoms with Crippen molar-refractivity contribution < 1.29 is 0 Å². The number of nitrogens with one attached hydrogen (secondary N) is 1. The maximum absolute atomic E-state index is 5.61. The lowest BCUT2D eigenvalue weighted by molar-refractivity contribution is 0.429. The summed E-state index contributed by atoms with van der Waals surface area (Å²) >= 11 is 1.72. The van der Waals surface area contributed by atoms with Crippen molar-refractivity contribution in [2.45, 2.75) is 30.5 Å². The monoisotopic (exact) mass is 227 g/mol. The molecule has 0 aliphatic carbocycles. The predicted molar refractivity (Wildman–Crippen MR) is 61.8 cm³/mol. The van der Waals surface area contributed by atoms with Crippen molar-refractivity contribution in [1.29, 1.82) is 0 Å². The Hall–Kier alpha value is -0.750. The van der Waals surface area contributed by atoms with Gasteiger partial charge in [-0.15, -0.1) is 10.2 Å². The van der Waals surface area contributed by atoms with Gasteiger partial charge in [0.25, 0.3) is 0 Å². The van der Waals surface area contributed by atoms with E-state index in [1.807, 2.05) is 11.6 Å². The molecule has 1 aliphatic rings. The highest BCUT2D eigenvalue weighted by Gasteiger charge is 2.14.